The highest BCUT2D eigenvalue weighted by Crippen LogP contribution is 2.24. The first-order valence-corrected chi connectivity index (χ1v) is 5.28. The lowest BCUT2D eigenvalue weighted by Crippen LogP contribution is -2.35. The quantitative estimate of drug-likeness (QED) is 0.796. The van der Waals surface area contributed by atoms with E-state index in [1.165, 1.54) is 0 Å². The van der Waals surface area contributed by atoms with Crippen LogP contribution < -0.4 is 10.5 Å². The third-order valence-electron chi connectivity index (χ3n) is 2.71. The first-order valence-electron chi connectivity index (χ1n) is 5.28. The molecule has 1 atom stereocenters. The normalized spacial score (nSPS) is 19.9. The number of ether oxygens (including phenoxy) is 1. The lowest BCUT2D eigenvalue weighted by Gasteiger charge is -2.20. The zero-order chi connectivity index (χ0) is 10.8. The number of Topliss-reactive ketones (excluding diaryl/α,β-unsaturated/α-hetero) is 1. The summed E-state index contributed by atoms with van der Waals surface area (Å²) in [5.41, 5.74) is 7.53. The number of nitrogens with two attached hydrogens (primary N) is 1. The Hall–Kier alpha value is -1.35. The van der Waals surface area contributed by atoms with Gasteiger partial charge in [-0.1, -0.05) is 0 Å². The number of benzene rings is 1. The summed E-state index contributed by atoms with van der Waals surface area (Å²) < 4.78 is 5.39. The summed E-state index contributed by atoms with van der Waals surface area (Å²) >= 11 is 0. The Balaban J connectivity index is 2.34. The Morgan fingerprint density at radius 2 is 2.33 bits per heavy atom. The van der Waals surface area contributed by atoms with Gasteiger partial charge in [0.05, 0.1) is 12.6 Å². The van der Waals surface area contributed by atoms with Crippen LogP contribution in [0, 0.1) is 0 Å². The van der Waals surface area contributed by atoms with Gasteiger partial charge in [0.1, 0.15) is 5.75 Å². The van der Waals surface area contributed by atoms with Gasteiger partial charge in [-0.3, -0.25) is 4.79 Å². The Labute approximate surface area is 89.2 Å². The van der Waals surface area contributed by atoms with E-state index in [9.17, 15) is 4.79 Å². The fourth-order valence-electron chi connectivity index (χ4n) is 1.92. The Bertz CT molecular complexity index is 387. The highest BCUT2D eigenvalue weighted by molar-refractivity contribution is 6.02. The van der Waals surface area contributed by atoms with E-state index in [4.69, 9.17) is 10.5 Å². The Morgan fingerprint density at radius 1 is 1.53 bits per heavy atom. The molecule has 1 aliphatic rings. The average Bonchev–Trinajstić information content (AvgIpc) is 2.24. The van der Waals surface area contributed by atoms with Crippen LogP contribution in [0.5, 0.6) is 5.75 Å². The first kappa shape index (κ1) is 10.2. The molecule has 1 aliphatic carbocycles. The minimum atomic E-state index is -0.324. The van der Waals surface area contributed by atoms with Gasteiger partial charge in [0, 0.05) is 5.56 Å². The van der Waals surface area contributed by atoms with Crippen molar-refractivity contribution in [1.82, 2.24) is 0 Å². The first-order chi connectivity index (χ1) is 7.22. The van der Waals surface area contributed by atoms with Crippen LogP contribution in [0.15, 0.2) is 18.2 Å². The number of hydrogen-bond donors (Lipinski definition) is 1. The van der Waals surface area contributed by atoms with Crippen molar-refractivity contribution in [2.45, 2.75) is 25.8 Å². The second kappa shape index (κ2) is 4.03. The van der Waals surface area contributed by atoms with E-state index in [1.54, 1.807) is 0 Å². The van der Waals surface area contributed by atoms with E-state index in [0.717, 1.165) is 29.7 Å². The Kier molecular flexibility index (Phi) is 2.73. The molecule has 0 fully saturated rings. The molecule has 0 heterocycles. The zero-order valence-electron chi connectivity index (χ0n) is 8.82. The molecule has 0 bridgehead atoms. The van der Waals surface area contributed by atoms with Gasteiger partial charge in [0.25, 0.3) is 0 Å². The van der Waals surface area contributed by atoms with E-state index in [1.807, 2.05) is 25.1 Å². The summed E-state index contributed by atoms with van der Waals surface area (Å²) in [6.07, 6.45) is 1.60. The highest BCUT2D eigenvalue weighted by Gasteiger charge is 2.24. The van der Waals surface area contributed by atoms with Crippen LogP contribution in [0.4, 0.5) is 0 Å². The second-order valence-electron chi connectivity index (χ2n) is 3.76. The SMILES string of the molecule is CCOc1ccc2c(c1)CC[C@H](N)C2=O. The van der Waals surface area contributed by atoms with Crippen LogP contribution in [-0.4, -0.2) is 18.4 Å². The van der Waals surface area contributed by atoms with Gasteiger partial charge in [0.2, 0.25) is 0 Å². The number of aryl methyl sites for hydroxylation is 1. The largest absolute Gasteiger partial charge is 0.494 e. The third kappa shape index (κ3) is 1.88. The maximum Gasteiger partial charge on any atom is 0.179 e. The maximum absolute atomic E-state index is 11.7. The third-order valence-corrected chi connectivity index (χ3v) is 2.71. The van der Waals surface area contributed by atoms with Crippen molar-refractivity contribution >= 4 is 5.78 Å². The molecule has 2 N–H and O–H groups in total. The van der Waals surface area contributed by atoms with Crippen LogP contribution in [0.2, 0.25) is 0 Å². The second-order valence-corrected chi connectivity index (χ2v) is 3.76. The van der Waals surface area contributed by atoms with Crippen molar-refractivity contribution in [3.05, 3.63) is 29.3 Å². The van der Waals surface area contributed by atoms with Gasteiger partial charge in [-0.25, -0.2) is 0 Å². The van der Waals surface area contributed by atoms with E-state index in [2.05, 4.69) is 0 Å². The van der Waals surface area contributed by atoms with Gasteiger partial charge < -0.3 is 10.5 Å². The lowest BCUT2D eigenvalue weighted by atomic mass is 9.87. The molecule has 0 aromatic heterocycles. The zero-order valence-corrected chi connectivity index (χ0v) is 8.82. The number of fused-ring (bicyclic) bond motifs is 1. The molecule has 0 radical (unpaired) electrons. The summed E-state index contributed by atoms with van der Waals surface area (Å²) in [4.78, 5) is 11.7. The molecule has 15 heavy (non-hydrogen) atoms. The molecule has 2 rings (SSSR count). The fraction of sp³-hybridized carbons (Fsp3) is 0.417. The molecular weight excluding hydrogens is 190 g/mol. The molecule has 1 aromatic rings. The smallest absolute Gasteiger partial charge is 0.179 e. The van der Waals surface area contributed by atoms with Crippen LogP contribution in [0.3, 0.4) is 0 Å². The van der Waals surface area contributed by atoms with Gasteiger partial charge >= 0.3 is 0 Å². The van der Waals surface area contributed by atoms with E-state index in [-0.39, 0.29) is 11.8 Å². The number of carbonyl (C=O) groups is 1. The highest BCUT2D eigenvalue weighted by atomic mass is 16.5. The van der Waals surface area contributed by atoms with Crippen LogP contribution in [0.25, 0.3) is 0 Å². The summed E-state index contributed by atoms with van der Waals surface area (Å²) in [6, 6.07) is 5.28. The van der Waals surface area contributed by atoms with E-state index < -0.39 is 0 Å². The van der Waals surface area contributed by atoms with Gasteiger partial charge in [-0.2, -0.15) is 0 Å². The standard InChI is InChI=1S/C12H15NO2/c1-2-15-9-4-5-10-8(7-9)3-6-11(13)12(10)14/h4-5,7,11H,2-3,6,13H2,1H3/t11-/m0/s1. The van der Waals surface area contributed by atoms with Gasteiger partial charge in [-0.05, 0) is 43.5 Å². The van der Waals surface area contributed by atoms with Crippen LogP contribution >= 0.6 is 0 Å². The average molecular weight is 205 g/mol. The van der Waals surface area contributed by atoms with E-state index >= 15 is 0 Å². The monoisotopic (exact) mass is 205 g/mol. The van der Waals surface area contributed by atoms with E-state index in [0.29, 0.717) is 6.61 Å². The number of carbonyl (C=O) groups excluding carboxylic acids is 1. The predicted octanol–water partition coefficient (Wildman–Crippen LogP) is 1.54. The van der Waals surface area contributed by atoms with Crippen molar-refractivity contribution < 1.29 is 9.53 Å². The molecule has 1 aromatic carbocycles. The topological polar surface area (TPSA) is 52.3 Å². The van der Waals surface area contributed by atoms with Crippen molar-refractivity contribution in [2.24, 2.45) is 5.73 Å². The molecule has 0 spiro atoms. The molecule has 0 saturated carbocycles. The van der Waals surface area contributed by atoms with Crippen molar-refractivity contribution in [3.63, 3.8) is 0 Å². The molecule has 0 aliphatic heterocycles. The molecule has 0 unspecified atom stereocenters. The van der Waals surface area contributed by atoms with Crippen molar-refractivity contribution in [1.29, 1.82) is 0 Å². The van der Waals surface area contributed by atoms with Crippen molar-refractivity contribution in [3.8, 4) is 5.75 Å². The number of ketones is 1. The Morgan fingerprint density at radius 3 is 3.07 bits per heavy atom. The molecule has 0 saturated heterocycles. The summed E-state index contributed by atoms with van der Waals surface area (Å²) in [5.74, 6) is 0.888. The van der Waals surface area contributed by atoms with Crippen LogP contribution in [0.1, 0.15) is 29.3 Å². The molecule has 3 nitrogen and oxygen atoms in total. The number of hydrogen-bond acceptors (Lipinski definition) is 3. The predicted molar refractivity (Wildman–Crippen MR) is 58.2 cm³/mol. The molecular formula is C12H15NO2. The lowest BCUT2D eigenvalue weighted by molar-refractivity contribution is 0.0948. The number of rotatable bonds is 2. The van der Waals surface area contributed by atoms with Gasteiger partial charge in [0.15, 0.2) is 5.78 Å². The van der Waals surface area contributed by atoms with Crippen molar-refractivity contribution in [2.75, 3.05) is 6.61 Å². The molecule has 3 heteroatoms. The van der Waals surface area contributed by atoms with Crippen LogP contribution in [-0.2, 0) is 6.42 Å². The maximum atomic E-state index is 11.7. The summed E-state index contributed by atoms with van der Waals surface area (Å²) in [5, 5.41) is 0. The minimum Gasteiger partial charge on any atom is -0.494 e. The van der Waals surface area contributed by atoms with Gasteiger partial charge in [-0.15, -0.1) is 0 Å². The fourth-order valence-corrected chi connectivity index (χ4v) is 1.92. The summed E-state index contributed by atoms with van der Waals surface area (Å²) in [6.45, 7) is 2.59. The summed E-state index contributed by atoms with van der Waals surface area (Å²) in [7, 11) is 0. The molecule has 80 valence electrons. The molecule has 0 amide bonds. The minimum absolute atomic E-state index is 0.0549.